The number of azo groups is 1. The van der Waals surface area contributed by atoms with Gasteiger partial charge in [0.05, 0.1) is 11.1 Å². The minimum Gasteiger partial charge on any atom is -0.187 e. The third kappa shape index (κ3) is 0.678. The Morgan fingerprint density at radius 3 is 2.27 bits per heavy atom. The lowest BCUT2D eigenvalue weighted by molar-refractivity contribution is 0.323. The molecule has 2 aliphatic rings. The molecule has 0 N–H and O–H groups in total. The van der Waals surface area contributed by atoms with Crippen molar-refractivity contribution in [1.82, 2.24) is 0 Å². The van der Waals surface area contributed by atoms with Crippen LogP contribution in [-0.4, -0.2) is 11.1 Å². The zero-order valence-electron chi connectivity index (χ0n) is 7.59. The van der Waals surface area contributed by atoms with Crippen LogP contribution in [0.2, 0.25) is 0 Å². The predicted molar refractivity (Wildman–Crippen MR) is 44.7 cm³/mol. The van der Waals surface area contributed by atoms with Gasteiger partial charge in [-0.05, 0) is 26.2 Å². The summed E-state index contributed by atoms with van der Waals surface area (Å²) < 4.78 is 0. The Balaban J connectivity index is 2.37. The van der Waals surface area contributed by atoms with E-state index in [9.17, 15) is 0 Å². The molecule has 2 bridgehead atoms. The lowest BCUT2D eigenvalue weighted by Crippen LogP contribution is -2.31. The van der Waals surface area contributed by atoms with E-state index in [0.717, 1.165) is 6.42 Å². The maximum absolute atomic E-state index is 4.43. The van der Waals surface area contributed by atoms with Gasteiger partial charge in [0.1, 0.15) is 0 Å². The van der Waals surface area contributed by atoms with Gasteiger partial charge in [-0.1, -0.05) is 13.8 Å². The quantitative estimate of drug-likeness (QED) is 0.552. The smallest absolute Gasteiger partial charge is 0.0863 e. The first-order valence-electron chi connectivity index (χ1n) is 4.57. The molecular formula is C9H16N2. The maximum Gasteiger partial charge on any atom is 0.0863 e. The largest absolute Gasteiger partial charge is 0.187 e. The van der Waals surface area contributed by atoms with Crippen LogP contribution in [0.15, 0.2) is 10.2 Å². The second-order valence-electron chi connectivity index (χ2n) is 4.24. The van der Waals surface area contributed by atoms with Crippen LogP contribution in [0.4, 0.5) is 0 Å². The average molecular weight is 152 g/mol. The summed E-state index contributed by atoms with van der Waals surface area (Å²) in [4.78, 5) is 0. The summed E-state index contributed by atoms with van der Waals surface area (Å²) in [6.07, 6.45) is 3.66. The fourth-order valence-electron chi connectivity index (χ4n) is 2.52. The molecule has 0 aromatic heterocycles. The maximum atomic E-state index is 4.43. The Morgan fingerprint density at radius 2 is 2.09 bits per heavy atom. The van der Waals surface area contributed by atoms with Crippen molar-refractivity contribution in [1.29, 1.82) is 0 Å². The van der Waals surface area contributed by atoms with Crippen LogP contribution in [0.1, 0.15) is 40.0 Å². The summed E-state index contributed by atoms with van der Waals surface area (Å²) in [7, 11) is 0. The molecule has 2 rings (SSSR count). The SMILES string of the molecule is CC[C@@]12CC[C@@](C)(N=N1)[C@H]2C. The van der Waals surface area contributed by atoms with Crippen molar-refractivity contribution >= 4 is 0 Å². The van der Waals surface area contributed by atoms with E-state index >= 15 is 0 Å². The number of rotatable bonds is 1. The molecule has 1 fully saturated rings. The van der Waals surface area contributed by atoms with Crippen molar-refractivity contribution in [3.8, 4) is 0 Å². The highest BCUT2D eigenvalue weighted by Gasteiger charge is 2.56. The highest BCUT2D eigenvalue weighted by atomic mass is 15.3. The third-order valence-corrected chi connectivity index (χ3v) is 3.89. The van der Waals surface area contributed by atoms with Gasteiger partial charge in [0, 0.05) is 5.92 Å². The number of hydrogen-bond acceptors (Lipinski definition) is 2. The monoisotopic (exact) mass is 152 g/mol. The second-order valence-corrected chi connectivity index (χ2v) is 4.24. The number of hydrogen-bond donors (Lipinski definition) is 0. The molecule has 0 radical (unpaired) electrons. The molecular weight excluding hydrogens is 136 g/mol. The van der Waals surface area contributed by atoms with Crippen molar-refractivity contribution in [2.75, 3.05) is 0 Å². The molecule has 0 aromatic carbocycles. The summed E-state index contributed by atoms with van der Waals surface area (Å²) in [5, 5.41) is 8.82. The summed E-state index contributed by atoms with van der Waals surface area (Å²) in [6.45, 7) is 6.77. The molecule has 0 unspecified atom stereocenters. The number of fused-ring (bicyclic) bond motifs is 2. The molecule has 1 saturated carbocycles. The molecule has 2 nitrogen and oxygen atoms in total. The van der Waals surface area contributed by atoms with Gasteiger partial charge in [-0.25, -0.2) is 0 Å². The van der Waals surface area contributed by atoms with E-state index in [0.29, 0.717) is 5.92 Å². The van der Waals surface area contributed by atoms with Gasteiger partial charge >= 0.3 is 0 Å². The van der Waals surface area contributed by atoms with E-state index in [2.05, 4.69) is 31.0 Å². The van der Waals surface area contributed by atoms with E-state index in [1.165, 1.54) is 12.8 Å². The van der Waals surface area contributed by atoms with Crippen molar-refractivity contribution in [3.05, 3.63) is 0 Å². The second kappa shape index (κ2) is 1.85. The molecule has 1 aliphatic heterocycles. The van der Waals surface area contributed by atoms with E-state index in [-0.39, 0.29) is 11.1 Å². The third-order valence-electron chi connectivity index (χ3n) is 3.89. The van der Waals surface area contributed by atoms with Gasteiger partial charge < -0.3 is 0 Å². The normalized spacial score (nSPS) is 53.9. The molecule has 1 aliphatic carbocycles. The Labute approximate surface area is 68.1 Å². The van der Waals surface area contributed by atoms with Gasteiger partial charge in [0.25, 0.3) is 0 Å². The Bertz CT molecular complexity index is 212. The van der Waals surface area contributed by atoms with Crippen molar-refractivity contribution in [2.45, 2.75) is 51.1 Å². The van der Waals surface area contributed by atoms with Crippen LogP contribution in [0, 0.1) is 5.92 Å². The van der Waals surface area contributed by atoms with Gasteiger partial charge in [-0.3, -0.25) is 0 Å². The number of nitrogens with zero attached hydrogens (tertiary/aromatic N) is 2. The molecule has 11 heavy (non-hydrogen) atoms. The van der Waals surface area contributed by atoms with Crippen LogP contribution < -0.4 is 0 Å². The molecule has 0 amide bonds. The van der Waals surface area contributed by atoms with E-state index in [4.69, 9.17) is 0 Å². The van der Waals surface area contributed by atoms with Gasteiger partial charge in [0.15, 0.2) is 0 Å². The van der Waals surface area contributed by atoms with Crippen LogP contribution in [0.25, 0.3) is 0 Å². The van der Waals surface area contributed by atoms with Crippen LogP contribution >= 0.6 is 0 Å². The van der Waals surface area contributed by atoms with Gasteiger partial charge in [0.2, 0.25) is 0 Å². The van der Waals surface area contributed by atoms with Crippen molar-refractivity contribution in [2.24, 2.45) is 16.1 Å². The van der Waals surface area contributed by atoms with Crippen LogP contribution in [0.5, 0.6) is 0 Å². The fraction of sp³-hybridized carbons (Fsp3) is 1.00. The summed E-state index contributed by atoms with van der Waals surface area (Å²) in [5.74, 6) is 0.667. The van der Waals surface area contributed by atoms with Crippen LogP contribution in [0.3, 0.4) is 0 Å². The molecule has 62 valence electrons. The molecule has 0 aromatic rings. The average Bonchev–Trinajstić information content (AvgIpc) is 2.41. The Kier molecular flexibility index (Phi) is 1.22. The van der Waals surface area contributed by atoms with E-state index in [1.54, 1.807) is 0 Å². The highest BCUT2D eigenvalue weighted by Crippen LogP contribution is 2.54. The minimum atomic E-state index is 0.190. The molecule has 1 heterocycles. The standard InChI is InChI=1S/C9H16N2/c1-4-9-6-5-8(3,7(9)2)10-11-9/h7H,4-6H2,1-3H3/t7-,8-,9+/m1/s1. The summed E-state index contributed by atoms with van der Waals surface area (Å²) in [5.41, 5.74) is 0.421. The van der Waals surface area contributed by atoms with Crippen LogP contribution in [-0.2, 0) is 0 Å². The van der Waals surface area contributed by atoms with Gasteiger partial charge in [-0.15, -0.1) is 0 Å². The first-order valence-corrected chi connectivity index (χ1v) is 4.57. The topological polar surface area (TPSA) is 24.7 Å². The zero-order chi connectivity index (χ0) is 8.11. The summed E-state index contributed by atoms with van der Waals surface area (Å²) in [6, 6.07) is 0. The Hall–Kier alpha value is -0.400. The van der Waals surface area contributed by atoms with E-state index in [1.807, 2.05) is 0 Å². The van der Waals surface area contributed by atoms with Crippen molar-refractivity contribution in [3.63, 3.8) is 0 Å². The first-order chi connectivity index (χ1) is 5.13. The molecule has 0 spiro atoms. The zero-order valence-corrected chi connectivity index (χ0v) is 7.59. The molecule has 2 heteroatoms. The van der Waals surface area contributed by atoms with Gasteiger partial charge in [-0.2, -0.15) is 10.2 Å². The highest BCUT2D eigenvalue weighted by molar-refractivity contribution is 5.13. The molecule has 3 atom stereocenters. The van der Waals surface area contributed by atoms with Crippen molar-refractivity contribution < 1.29 is 0 Å². The predicted octanol–water partition coefficient (Wildman–Crippen LogP) is 2.79. The summed E-state index contributed by atoms with van der Waals surface area (Å²) >= 11 is 0. The minimum absolute atomic E-state index is 0.190. The lowest BCUT2D eigenvalue weighted by atomic mass is 9.82. The Morgan fingerprint density at radius 1 is 1.36 bits per heavy atom. The first kappa shape index (κ1) is 7.26. The lowest BCUT2D eigenvalue weighted by Gasteiger charge is -2.23. The fourth-order valence-corrected chi connectivity index (χ4v) is 2.52. The van der Waals surface area contributed by atoms with E-state index < -0.39 is 0 Å². The molecule has 0 saturated heterocycles.